The predicted octanol–water partition coefficient (Wildman–Crippen LogP) is 3.13. The molecule has 0 aromatic heterocycles. The standard InChI is InChI=1S/C21H27N3O2/c25-20(19-12-6-2-7-13-19)22-15-8-3-9-16-23-21(26)24-17-14-18-10-4-1-5-11-18/h1-2,4-7,10-13H,3,8-9,14-17H2,(H,22,25)(H2,23,24,26). The predicted molar refractivity (Wildman–Crippen MR) is 104 cm³/mol. The summed E-state index contributed by atoms with van der Waals surface area (Å²) in [6, 6.07) is 19.2. The average Bonchev–Trinajstić information content (AvgIpc) is 2.68. The van der Waals surface area contributed by atoms with Gasteiger partial charge in [-0.05, 0) is 43.4 Å². The van der Waals surface area contributed by atoms with Crippen LogP contribution < -0.4 is 16.0 Å². The molecule has 3 N–H and O–H groups in total. The zero-order valence-corrected chi connectivity index (χ0v) is 15.0. The Kier molecular flexibility index (Phi) is 8.77. The van der Waals surface area contributed by atoms with Gasteiger partial charge in [0.15, 0.2) is 0 Å². The van der Waals surface area contributed by atoms with Crippen LogP contribution in [0.25, 0.3) is 0 Å². The van der Waals surface area contributed by atoms with Gasteiger partial charge in [-0.25, -0.2) is 4.79 Å². The van der Waals surface area contributed by atoms with Crippen LogP contribution in [0.1, 0.15) is 35.2 Å². The Bertz CT molecular complexity index is 659. The molecular weight excluding hydrogens is 326 g/mol. The van der Waals surface area contributed by atoms with Crippen molar-refractivity contribution in [3.63, 3.8) is 0 Å². The summed E-state index contributed by atoms with van der Waals surface area (Å²) in [7, 11) is 0. The highest BCUT2D eigenvalue weighted by Gasteiger charge is 2.03. The van der Waals surface area contributed by atoms with Crippen molar-refractivity contribution in [2.75, 3.05) is 19.6 Å². The highest BCUT2D eigenvalue weighted by Crippen LogP contribution is 1.99. The van der Waals surface area contributed by atoms with Crippen molar-refractivity contribution in [3.05, 3.63) is 71.8 Å². The number of carbonyl (C=O) groups is 2. The van der Waals surface area contributed by atoms with Gasteiger partial charge in [0.05, 0.1) is 0 Å². The highest BCUT2D eigenvalue weighted by molar-refractivity contribution is 5.94. The lowest BCUT2D eigenvalue weighted by Gasteiger charge is -2.08. The van der Waals surface area contributed by atoms with E-state index in [-0.39, 0.29) is 11.9 Å². The van der Waals surface area contributed by atoms with Crippen molar-refractivity contribution in [1.82, 2.24) is 16.0 Å². The van der Waals surface area contributed by atoms with Crippen LogP contribution in [-0.2, 0) is 6.42 Å². The number of urea groups is 1. The molecular formula is C21H27N3O2. The molecule has 0 spiro atoms. The summed E-state index contributed by atoms with van der Waals surface area (Å²) in [4.78, 5) is 23.5. The number of hydrogen-bond donors (Lipinski definition) is 3. The van der Waals surface area contributed by atoms with E-state index in [9.17, 15) is 9.59 Å². The number of benzene rings is 2. The van der Waals surface area contributed by atoms with Gasteiger partial charge in [0.2, 0.25) is 0 Å². The first-order chi connectivity index (χ1) is 12.8. The molecule has 2 rings (SSSR count). The number of carbonyl (C=O) groups excluding carboxylic acids is 2. The quantitative estimate of drug-likeness (QED) is 0.574. The van der Waals surface area contributed by atoms with E-state index < -0.39 is 0 Å². The molecule has 2 aromatic rings. The van der Waals surface area contributed by atoms with Crippen molar-refractivity contribution in [1.29, 1.82) is 0 Å². The normalized spacial score (nSPS) is 10.2. The van der Waals surface area contributed by atoms with Crippen LogP contribution in [0.2, 0.25) is 0 Å². The number of rotatable bonds is 10. The molecule has 5 heteroatoms. The summed E-state index contributed by atoms with van der Waals surface area (Å²) in [5.74, 6) is -0.0403. The third kappa shape index (κ3) is 7.83. The lowest BCUT2D eigenvalue weighted by molar-refractivity contribution is 0.0953. The van der Waals surface area contributed by atoms with Gasteiger partial charge < -0.3 is 16.0 Å². The van der Waals surface area contributed by atoms with E-state index in [1.807, 2.05) is 36.4 Å². The van der Waals surface area contributed by atoms with Gasteiger partial charge in [0.25, 0.3) is 5.91 Å². The van der Waals surface area contributed by atoms with Gasteiger partial charge in [0, 0.05) is 25.2 Å². The molecule has 0 unspecified atom stereocenters. The first kappa shape index (κ1) is 19.5. The molecule has 26 heavy (non-hydrogen) atoms. The number of hydrogen-bond acceptors (Lipinski definition) is 2. The second-order valence-electron chi connectivity index (χ2n) is 6.10. The van der Waals surface area contributed by atoms with Gasteiger partial charge >= 0.3 is 6.03 Å². The molecule has 0 aliphatic carbocycles. The van der Waals surface area contributed by atoms with E-state index in [2.05, 4.69) is 28.1 Å². The zero-order chi connectivity index (χ0) is 18.5. The van der Waals surface area contributed by atoms with Crippen LogP contribution in [0, 0.1) is 0 Å². The number of amides is 3. The van der Waals surface area contributed by atoms with Crippen LogP contribution in [0.3, 0.4) is 0 Å². The average molecular weight is 353 g/mol. The summed E-state index contributed by atoms with van der Waals surface area (Å²) in [5.41, 5.74) is 1.90. The van der Waals surface area contributed by atoms with Crippen molar-refractivity contribution >= 4 is 11.9 Å². The van der Waals surface area contributed by atoms with E-state index in [0.717, 1.165) is 25.7 Å². The van der Waals surface area contributed by atoms with Crippen LogP contribution in [0.5, 0.6) is 0 Å². The maximum absolute atomic E-state index is 11.8. The second kappa shape index (κ2) is 11.7. The van der Waals surface area contributed by atoms with Crippen molar-refractivity contribution in [2.24, 2.45) is 0 Å². The third-order valence-corrected chi connectivity index (χ3v) is 4.00. The molecule has 0 aliphatic heterocycles. The minimum absolute atomic E-state index is 0.0403. The zero-order valence-electron chi connectivity index (χ0n) is 15.0. The monoisotopic (exact) mass is 353 g/mol. The van der Waals surface area contributed by atoms with Gasteiger partial charge in [-0.2, -0.15) is 0 Å². The number of nitrogens with one attached hydrogen (secondary N) is 3. The Labute approximate surface area is 155 Å². The molecule has 3 amide bonds. The van der Waals surface area contributed by atoms with Crippen LogP contribution in [0.4, 0.5) is 4.79 Å². The molecule has 138 valence electrons. The Morgan fingerprint density at radius 2 is 1.23 bits per heavy atom. The molecule has 2 aromatic carbocycles. The minimum Gasteiger partial charge on any atom is -0.352 e. The summed E-state index contributed by atoms with van der Waals surface area (Å²) in [6.07, 6.45) is 3.58. The molecule has 0 radical (unpaired) electrons. The van der Waals surface area contributed by atoms with Gasteiger partial charge in [-0.3, -0.25) is 4.79 Å². The SMILES string of the molecule is O=C(NCCCCCNC(=O)c1ccccc1)NCCc1ccccc1. The molecule has 0 bridgehead atoms. The van der Waals surface area contributed by atoms with Crippen LogP contribution >= 0.6 is 0 Å². The Morgan fingerprint density at radius 3 is 1.92 bits per heavy atom. The summed E-state index contributed by atoms with van der Waals surface area (Å²) in [5, 5.41) is 8.62. The minimum atomic E-state index is -0.127. The first-order valence-electron chi connectivity index (χ1n) is 9.14. The van der Waals surface area contributed by atoms with E-state index in [1.165, 1.54) is 5.56 Å². The first-order valence-corrected chi connectivity index (χ1v) is 9.14. The summed E-state index contributed by atoms with van der Waals surface area (Å²) >= 11 is 0. The van der Waals surface area contributed by atoms with Crippen molar-refractivity contribution in [2.45, 2.75) is 25.7 Å². The topological polar surface area (TPSA) is 70.2 Å². The molecule has 0 heterocycles. The van der Waals surface area contributed by atoms with Gasteiger partial charge in [-0.1, -0.05) is 48.5 Å². The van der Waals surface area contributed by atoms with E-state index in [0.29, 0.717) is 25.2 Å². The maximum Gasteiger partial charge on any atom is 0.314 e. The fourth-order valence-corrected chi connectivity index (χ4v) is 2.55. The Morgan fingerprint density at radius 1 is 0.654 bits per heavy atom. The summed E-state index contributed by atoms with van der Waals surface area (Å²) < 4.78 is 0. The molecule has 0 aliphatic rings. The maximum atomic E-state index is 11.8. The fraction of sp³-hybridized carbons (Fsp3) is 0.333. The van der Waals surface area contributed by atoms with E-state index in [1.54, 1.807) is 12.1 Å². The smallest absolute Gasteiger partial charge is 0.314 e. The van der Waals surface area contributed by atoms with Crippen molar-refractivity contribution in [3.8, 4) is 0 Å². The van der Waals surface area contributed by atoms with E-state index in [4.69, 9.17) is 0 Å². The summed E-state index contributed by atoms with van der Waals surface area (Å²) in [6.45, 7) is 1.92. The highest BCUT2D eigenvalue weighted by atomic mass is 16.2. The Hall–Kier alpha value is -2.82. The molecule has 0 atom stereocenters. The molecule has 0 saturated carbocycles. The Balaban J connectivity index is 1.44. The second-order valence-corrected chi connectivity index (χ2v) is 6.10. The third-order valence-electron chi connectivity index (χ3n) is 4.00. The van der Waals surface area contributed by atoms with Crippen LogP contribution in [0.15, 0.2) is 60.7 Å². The fourth-order valence-electron chi connectivity index (χ4n) is 2.55. The van der Waals surface area contributed by atoms with Gasteiger partial charge in [0.1, 0.15) is 0 Å². The molecule has 0 saturated heterocycles. The van der Waals surface area contributed by atoms with Crippen LogP contribution in [-0.4, -0.2) is 31.6 Å². The molecule has 5 nitrogen and oxygen atoms in total. The largest absolute Gasteiger partial charge is 0.352 e. The molecule has 0 fully saturated rings. The van der Waals surface area contributed by atoms with E-state index >= 15 is 0 Å². The lowest BCUT2D eigenvalue weighted by atomic mass is 10.1. The number of unbranched alkanes of at least 4 members (excludes halogenated alkanes) is 2. The van der Waals surface area contributed by atoms with Crippen molar-refractivity contribution < 1.29 is 9.59 Å². The lowest BCUT2D eigenvalue weighted by Crippen LogP contribution is -2.37. The van der Waals surface area contributed by atoms with Gasteiger partial charge in [-0.15, -0.1) is 0 Å².